The van der Waals surface area contributed by atoms with E-state index >= 15 is 0 Å². The Morgan fingerprint density at radius 3 is 2.71 bits per heavy atom. The van der Waals surface area contributed by atoms with Gasteiger partial charge in [0.2, 0.25) is 0 Å². The van der Waals surface area contributed by atoms with E-state index in [1.165, 1.54) is 10.5 Å². The Labute approximate surface area is 109 Å². The molecule has 0 bridgehead atoms. The monoisotopic (exact) mass is 250 g/mol. The van der Waals surface area contributed by atoms with Gasteiger partial charge in [-0.25, -0.2) is 0 Å². The van der Waals surface area contributed by atoms with Gasteiger partial charge in [0.15, 0.2) is 0 Å². The number of benzene rings is 1. The van der Waals surface area contributed by atoms with Crippen molar-refractivity contribution < 1.29 is 5.11 Å². The van der Waals surface area contributed by atoms with Gasteiger partial charge in [0.25, 0.3) is 0 Å². The van der Waals surface area contributed by atoms with Crippen molar-refractivity contribution in [1.82, 2.24) is 0 Å². The van der Waals surface area contributed by atoms with Crippen LogP contribution in [0.3, 0.4) is 0 Å². The number of aliphatic hydroxyl groups is 1. The third kappa shape index (κ3) is 2.69. The third-order valence-electron chi connectivity index (χ3n) is 4.16. The van der Waals surface area contributed by atoms with E-state index in [1.807, 2.05) is 11.8 Å². The van der Waals surface area contributed by atoms with Gasteiger partial charge in [-0.05, 0) is 35.8 Å². The first-order valence-corrected chi connectivity index (χ1v) is 7.28. The van der Waals surface area contributed by atoms with Gasteiger partial charge >= 0.3 is 0 Å². The van der Waals surface area contributed by atoms with Crippen molar-refractivity contribution in [3.63, 3.8) is 0 Å². The smallest absolute Gasteiger partial charge is 0.0487 e. The highest BCUT2D eigenvalue weighted by Crippen LogP contribution is 2.44. The average molecular weight is 250 g/mol. The molecule has 1 nitrogen and oxygen atoms in total. The van der Waals surface area contributed by atoms with Crippen molar-refractivity contribution in [2.45, 2.75) is 43.8 Å². The van der Waals surface area contributed by atoms with E-state index in [-0.39, 0.29) is 12.0 Å². The summed E-state index contributed by atoms with van der Waals surface area (Å²) >= 11 is 1.98. The fraction of sp³-hybridized carbons (Fsp3) is 0.600. The van der Waals surface area contributed by atoms with Crippen LogP contribution in [-0.2, 0) is 6.42 Å². The largest absolute Gasteiger partial charge is 0.396 e. The van der Waals surface area contributed by atoms with Crippen LogP contribution >= 0.6 is 11.8 Å². The summed E-state index contributed by atoms with van der Waals surface area (Å²) in [5.74, 6) is 0.525. The second kappa shape index (κ2) is 5.03. The number of thioether (sulfide) groups is 1. The fourth-order valence-corrected chi connectivity index (χ4v) is 3.92. The Kier molecular flexibility index (Phi) is 3.84. The summed E-state index contributed by atoms with van der Waals surface area (Å²) in [7, 11) is 0. The summed E-state index contributed by atoms with van der Waals surface area (Å²) in [5, 5.41) is 10.3. The van der Waals surface area contributed by atoms with Gasteiger partial charge in [-0.1, -0.05) is 39.0 Å². The van der Waals surface area contributed by atoms with Crippen molar-refractivity contribution in [3.8, 4) is 0 Å². The van der Waals surface area contributed by atoms with Crippen LogP contribution in [0.1, 0.15) is 32.8 Å². The molecule has 2 atom stereocenters. The van der Waals surface area contributed by atoms with Crippen molar-refractivity contribution in [1.29, 1.82) is 0 Å². The molecular weight excluding hydrogens is 228 g/mol. The first-order valence-electron chi connectivity index (χ1n) is 6.40. The SMILES string of the molecule is CC(C)C(C)(CO)CC1Cc2ccccc2S1. The van der Waals surface area contributed by atoms with Crippen molar-refractivity contribution >= 4 is 11.8 Å². The van der Waals surface area contributed by atoms with Crippen molar-refractivity contribution in [3.05, 3.63) is 29.8 Å². The minimum Gasteiger partial charge on any atom is -0.396 e. The Balaban J connectivity index is 2.04. The van der Waals surface area contributed by atoms with E-state index in [2.05, 4.69) is 45.0 Å². The summed E-state index contributed by atoms with van der Waals surface area (Å²) in [6, 6.07) is 8.68. The molecule has 0 aromatic heterocycles. The molecule has 0 aliphatic carbocycles. The molecule has 0 saturated carbocycles. The van der Waals surface area contributed by atoms with Crippen LogP contribution in [0, 0.1) is 11.3 Å². The van der Waals surface area contributed by atoms with Gasteiger partial charge < -0.3 is 5.11 Å². The van der Waals surface area contributed by atoms with E-state index in [0.29, 0.717) is 11.2 Å². The highest BCUT2D eigenvalue weighted by molar-refractivity contribution is 8.00. The van der Waals surface area contributed by atoms with Gasteiger partial charge in [0.05, 0.1) is 0 Å². The van der Waals surface area contributed by atoms with E-state index in [4.69, 9.17) is 0 Å². The maximum Gasteiger partial charge on any atom is 0.0487 e. The minimum atomic E-state index is 0.0553. The molecule has 2 heteroatoms. The zero-order valence-electron chi connectivity index (χ0n) is 10.9. The third-order valence-corrected chi connectivity index (χ3v) is 5.48. The van der Waals surface area contributed by atoms with Crippen LogP contribution in [-0.4, -0.2) is 17.0 Å². The van der Waals surface area contributed by atoms with Crippen molar-refractivity contribution in [2.24, 2.45) is 11.3 Å². The predicted octanol–water partition coefficient (Wildman–Crippen LogP) is 3.75. The number of fused-ring (bicyclic) bond motifs is 1. The Morgan fingerprint density at radius 1 is 1.41 bits per heavy atom. The molecule has 0 radical (unpaired) electrons. The molecule has 2 rings (SSSR count). The molecule has 1 aromatic carbocycles. The maximum absolute atomic E-state index is 9.62. The molecule has 17 heavy (non-hydrogen) atoms. The molecule has 1 aromatic rings. The number of aliphatic hydroxyl groups excluding tert-OH is 1. The molecule has 2 unspecified atom stereocenters. The van der Waals surface area contributed by atoms with Gasteiger partial charge in [-0.3, -0.25) is 0 Å². The van der Waals surface area contributed by atoms with Gasteiger partial charge in [-0.2, -0.15) is 0 Å². The number of hydrogen-bond donors (Lipinski definition) is 1. The van der Waals surface area contributed by atoms with Crippen LogP contribution in [0.2, 0.25) is 0 Å². The lowest BCUT2D eigenvalue weighted by Gasteiger charge is -2.33. The summed E-state index contributed by atoms with van der Waals surface area (Å²) in [4.78, 5) is 1.43. The van der Waals surface area contributed by atoms with E-state index in [9.17, 15) is 5.11 Å². The van der Waals surface area contributed by atoms with E-state index in [1.54, 1.807) is 0 Å². The summed E-state index contributed by atoms with van der Waals surface area (Å²) in [6.07, 6.45) is 2.25. The second-order valence-electron chi connectivity index (χ2n) is 5.72. The molecule has 1 N–H and O–H groups in total. The lowest BCUT2D eigenvalue weighted by Crippen LogP contribution is -2.31. The van der Waals surface area contributed by atoms with Gasteiger partial charge in [0, 0.05) is 16.8 Å². The zero-order chi connectivity index (χ0) is 12.5. The normalized spacial score (nSPS) is 22.5. The van der Waals surface area contributed by atoms with Crippen LogP contribution in [0.4, 0.5) is 0 Å². The average Bonchev–Trinajstić information content (AvgIpc) is 2.70. The van der Waals surface area contributed by atoms with Crippen LogP contribution < -0.4 is 0 Å². The van der Waals surface area contributed by atoms with Crippen LogP contribution in [0.25, 0.3) is 0 Å². The highest BCUT2D eigenvalue weighted by atomic mass is 32.2. The zero-order valence-corrected chi connectivity index (χ0v) is 11.8. The molecule has 0 amide bonds. The molecule has 1 aliphatic rings. The Bertz CT molecular complexity index is 363. The molecule has 0 spiro atoms. The van der Waals surface area contributed by atoms with Crippen LogP contribution in [0.5, 0.6) is 0 Å². The number of rotatable bonds is 4. The molecule has 1 aliphatic heterocycles. The minimum absolute atomic E-state index is 0.0553. The standard InChI is InChI=1S/C15H22OS/c1-11(2)15(3,10-16)9-13-8-12-6-4-5-7-14(12)17-13/h4-7,11,13,16H,8-10H2,1-3H3. The highest BCUT2D eigenvalue weighted by Gasteiger charge is 2.33. The molecule has 0 saturated heterocycles. The molecule has 0 fully saturated rings. The first-order chi connectivity index (χ1) is 8.05. The maximum atomic E-state index is 9.62. The summed E-state index contributed by atoms with van der Waals surface area (Å²) in [6.45, 7) is 6.92. The molecular formula is C15H22OS. The summed E-state index contributed by atoms with van der Waals surface area (Å²) in [5.41, 5.74) is 1.53. The second-order valence-corrected chi connectivity index (χ2v) is 7.06. The Morgan fingerprint density at radius 2 is 2.12 bits per heavy atom. The van der Waals surface area contributed by atoms with E-state index < -0.39 is 0 Å². The molecule has 1 heterocycles. The number of hydrogen-bond acceptors (Lipinski definition) is 2. The lowest BCUT2D eigenvalue weighted by molar-refractivity contribution is 0.0852. The summed E-state index contributed by atoms with van der Waals surface area (Å²) < 4.78 is 0. The Hall–Kier alpha value is -0.470. The molecule has 94 valence electrons. The van der Waals surface area contributed by atoms with Crippen LogP contribution in [0.15, 0.2) is 29.2 Å². The van der Waals surface area contributed by atoms with E-state index in [0.717, 1.165) is 12.8 Å². The lowest BCUT2D eigenvalue weighted by atomic mass is 9.75. The first kappa shape index (κ1) is 13.0. The van der Waals surface area contributed by atoms with Gasteiger partial charge in [0.1, 0.15) is 0 Å². The van der Waals surface area contributed by atoms with Crippen molar-refractivity contribution in [2.75, 3.05) is 6.61 Å². The predicted molar refractivity (Wildman–Crippen MR) is 74.4 cm³/mol. The van der Waals surface area contributed by atoms with Gasteiger partial charge in [-0.15, -0.1) is 11.8 Å². The quantitative estimate of drug-likeness (QED) is 0.878. The fourth-order valence-electron chi connectivity index (χ4n) is 2.37. The topological polar surface area (TPSA) is 20.2 Å².